The highest BCUT2D eigenvalue weighted by Crippen LogP contribution is 2.19. The molecule has 0 spiro atoms. The smallest absolute Gasteiger partial charge is 0.205 e. The van der Waals surface area contributed by atoms with Gasteiger partial charge in [-0.3, -0.25) is 0 Å². The summed E-state index contributed by atoms with van der Waals surface area (Å²) < 4.78 is 13.4. The van der Waals surface area contributed by atoms with Gasteiger partial charge >= 0.3 is 0 Å². The highest BCUT2D eigenvalue weighted by molar-refractivity contribution is 5.78. The van der Waals surface area contributed by atoms with Crippen LogP contribution in [0.2, 0.25) is 0 Å². The molecule has 1 heterocycles. The number of nitrogens with zero attached hydrogens (tertiary/aromatic N) is 1. The van der Waals surface area contributed by atoms with Gasteiger partial charge in [0.05, 0.1) is 16.7 Å². The van der Waals surface area contributed by atoms with Crippen molar-refractivity contribution in [2.45, 2.75) is 0 Å². The second-order valence-electron chi connectivity index (χ2n) is 3.71. The molecule has 3 aromatic rings. The number of aromatic amines is 1. The van der Waals surface area contributed by atoms with E-state index in [0.717, 1.165) is 11.0 Å². The SMILES string of the molecule is Fc1ccccc1Nc1nc2ccccc2[nH]1. The minimum absolute atomic E-state index is 0.298. The van der Waals surface area contributed by atoms with Gasteiger partial charge in [0.15, 0.2) is 0 Å². The second kappa shape index (κ2) is 3.90. The zero-order chi connectivity index (χ0) is 11.7. The van der Waals surface area contributed by atoms with Crippen molar-refractivity contribution in [3.63, 3.8) is 0 Å². The van der Waals surface area contributed by atoms with Crippen molar-refractivity contribution in [2.75, 3.05) is 5.32 Å². The Morgan fingerprint density at radius 1 is 1.00 bits per heavy atom. The standard InChI is InChI=1S/C13H10FN3/c14-9-5-1-2-6-10(9)15-13-16-11-7-3-4-8-12(11)17-13/h1-8H,(H2,15,16,17). The van der Waals surface area contributed by atoms with Crippen molar-refractivity contribution in [3.8, 4) is 0 Å². The van der Waals surface area contributed by atoms with E-state index in [9.17, 15) is 4.39 Å². The quantitative estimate of drug-likeness (QED) is 0.704. The van der Waals surface area contributed by atoms with Crippen LogP contribution in [0.1, 0.15) is 0 Å². The Morgan fingerprint density at radius 2 is 1.76 bits per heavy atom. The Bertz CT molecular complexity index is 627. The molecule has 3 nitrogen and oxygen atoms in total. The lowest BCUT2D eigenvalue weighted by Crippen LogP contribution is -1.94. The molecule has 0 bridgehead atoms. The van der Waals surface area contributed by atoms with Crippen LogP contribution in [0, 0.1) is 5.82 Å². The Labute approximate surface area is 97.3 Å². The maximum absolute atomic E-state index is 13.4. The van der Waals surface area contributed by atoms with E-state index in [-0.39, 0.29) is 5.82 Å². The van der Waals surface area contributed by atoms with Gasteiger partial charge in [-0.05, 0) is 24.3 Å². The van der Waals surface area contributed by atoms with Crippen molar-refractivity contribution in [3.05, 3.63) is 54.3 Å². The number of H-pyrrole nitrogens is 1. The van der Waals surface area contributed by atoms with Crippen LogP contribution in [0.25, 0.3) is 11.0 Å². The fourth-order valence-electron chi connectivity index (χ4n) is 1.70. The molecule has 2 N–H and O–H groups in total. The van der Waals surface area contributed by atoms with Gasteiger partial charge in [-0.15, -0.1) is 0 Å². The summed E-state index contributed by atoms with van der Waals surface area (Å²) in [6, 6.07) is 14.2. The van der Waals surface area contributed by atoms with Crippen LogP contribution < -0.4 is 5.32 Å². The summed E-state index contributed by atoms with van der Waals surface area (Å²) >= 11 is 0. The number of hydrogen-bond acceptors (Lipinski definition) is 2. The first-order chi connectivity index (χ1) is 8.33. The molecule has 0 atom stereocenters. The molecule has 0 saturated carbocycles. The number of rotatable bonds is 2. The van der Waals surface area contributed by atoms with Crippen LogP contribution in [0.15, 0.2) is 48.5 Å². The lowest BCUT2D eigenvalue weighted by molar-refractivity contribution is 0.631. The molecule has 3 rings (SSSR count). The lowest BCUT2D eigenvalue weighted by atomic mass is 10.3. The number of hydrogen-bond donors (Lipinski definition) is 2. The van der Waals surface area contributed by atoms with E-state index in [4.69, 9.17) is 0 Å². The predicted octanol–water partition coefficient (Wildman–Crippen LogP) is 3.45. The van der Waals surface area contributed by atoms with E-state index in [0.29, 0.717) is 11.6 Å². The minimum atomic E-state index is -0.298. The molecule has 84 valence electrons. The van der Waals surface area contributed by atoms with Gasteiger partial charge in [-0.1, -0.05) is 24.3 Å². The van der Waals surface area contributed by atoms with Gasteiger partial charge in [0.1, 0.15) is 5.82 Å². The molecule has 0 aliphatic carbocycles. The molecule has 0 saturated heterocycles. The van der Waals surface area contributed by atoms with Gasteiger partial charge in [-0.25, -0.2) is 9.37 Å². The molecular formula is C13H10FN3. The Kier molecular flexibility index (Phi) is 2.26. The summed E-state index contributed by atoms with van der Waals surface area (Å²) in [7, 11) is 0. The number of fused-ring (bicyclic) bond motifs is 1. The monoisotopic (exact) mass is 227 g/mol. The van der Waals surface area contributed by atoms with Crippen LogP contribution in [-0.2, 0) is 0 Å². The summed E-state index contributed by atoms with van der Waals surface area (Å²) in [5, 5.41) is 2.92. The fourth-order valence-corrected chi connectivity index (χ4v) is 1.70. The van der Waals surface area contributed by atoms with Crippen LogP contribution >= 0.6 is 0 Å². The lowest BCUT2D eigenvalue weighted by Gasteiger charge is -2.02. The molecule has 2 aromatic carbocycles. The third-order valence-electron chi connectivity index (χ3n) is 2.52. The van der Waals surface area contributed by atoms with E-state index < -0.39 is 0 Å². The summed E-state index contributed by atoms with van der Waals surface area (Å²) in [6.07, 6.45) is 0. The van der Waals surface area contributed by atoms with Gasteiger partial charge in [0.25, 0.3) is 0 Å². The minimum Gasteiger partial charge on any atom is -0.324 e. The van der Waals surface area contributed by atoms with Gasteiger partial charge in [0.2, 0.25) is 5.95 Å². The van der Waals surface area contributed by atoms with E-state index >= 15 is 0 Å². The topological polar surface area (TPSA) is 40.7 Å². The van der Waals surface area contributed by atoms with Crippen molar-refractivity contribution in [2.24, 2.45) is 0 Å². The van der Waals surface area contributed by atoms with E-state index in [2.05, 4.69) is 15.3 Å². The third-order valence-corrected chi connectivity index (χ3v) is 2.52. The number of imidazole rings is 1. The number of benzene rings is 2. The third kappa shape index (κ3) is 1.85. The average Bonchev–Trinajstić information content (AvgIpc) is 2.74. The van der Waals surface area contributed by atoms with Gasteiger partial charge in [0, 0.05) is 0 Å². The highest BCUT2D eigenvalue weighted by Gasteiger charge is 2.04. The number of anilines is 2. The number of para-hydroxylation sites is 3. The van der Waals surface area contributed by atoms with E-state index in [1.54, 1.807) is 18.2 Å². The molecule has 17 heavy (non-hydrogen) atoms. The maximum atomic E-state index is 13.4. The zero-order valence-corrected chi connectivity index (χ0v) is 8.94. The first-order valence-corrected chi connectivity index (χ1v) is 5.29. The molecule has 0 aliphatic heterocycles. The second-order valence-corrected chi connectivity index (χ2v) is 3.71. The molecular weight excluding hydrogens is 217 g/mol. The summed E-state index contributed by atoms with van der Waals surface area (Å²) in [4.78, 5) is 7.40. The molecule has 0 radical (unpaired) electrons. The fraction of sp³-hybridized carbons (Fsp3) is 0. The van der Waals surface area contributed by atoms with Gasteiger partial charge < -0.3 is 10.3 Å². The number of nitrogens with one attached hydrogen (secondary N) is 2. The van der Waals surface area contributed by atoms with Crippen LogP contribution in [0.4, 0.5) is 16.0 Å². The average molecular weight is 227 g/mol. The van der Waals surface area contributed by atoms with E-state index in [1.165, 1.54) is 6.07 Å². The first-order valence-electron chi connectivity index (χ1n) is 5.29. The van der Waals surface area contributed by atoms with Crippen molar-refractivity contribution < 1.29 is 4.39 Å². The molecule has 4 heteroatoms. The molecule has 0 amide bonds. The number of aromatic nitrogens is 2. The van der Waals surface area contributed by atoms with Crippen LogP contribution in [0.5, 0.6) is 0 Å². The van der Waals surface area contributed by atoms with Crippen LogP contribution in [-0.4, -0.2) is 9.97 Å². The van der Waals surface area contributed by atoms with E-state index in [1.807, 2.05) is 24.3 Å². The molecule has 0 unspecified atom stereocenters. The maximum Gasteiger partial charge on any atom is 0.205 e. The van der Waals surface area contributed by atoms with Crippen molar-refractivity contribution >= 4 is 22.7 Å². The highest BCUT2D eigenvalue weighted by atomic mass is 19.1. The zero-order valence-electron chi connectivity index (χ0n) is 8.94. The summed E-state index contributed by atoms with van der Waals surface area (Å²) in [5.74, 6) is 0.240. The van der Waals surface area contributed by atoms with Gasteiger partial charge in [-0.2, -0.15) is 0 Å². The molecule has 1 aromatic heterocycles. The normalized spacial score (nSPS) is 10.6. The van der Waals surface area contributed by atoms with Crippen molar-refractivity contribution in [1.29, 1.82) is 0 Å². The summed E-state index contributed by atoms with van der Waals surface area (Å²) in [6.45, 7) is 0. The molecule has 0 fully saturated rings. The Balaban J connectivity index is 1.98. The number of halogens is 1. The van der Waals surface area contributed by atoms with Crippen molar-refractivity contribution in [1.82, 2.24) is 9.97 Å². The predicted molar refractivity (Wildman–Crippen MR) is 65.8 cm³/mol. The Morgan fingerprint density at radius 3 is 2.59 bits per heavy atom. The molecule has 0 aliphatic rings. The van der Waals surface area contributed by atoms with Crippen LogP contribution in [0.3, 0.4) is 0 Å². The Hall–Kier alpha value is -2.36. The largest absolute Gasteiger partial charge is 0.324 e. The first kappa shape index (κ1) is 9.84. The summed E-state index contributed by atoms with van der Waals surface area (Å²) in [5.41, 5.74) is 2.18.